The van der Waals surface area contributed by atoms with Crippen molar-refractivity contribution in [1.82, 2.24) is 10.4 Å². The lowest BCUT2D eigenvalue weighted by Crippen LogP contribution is -2.26. The van der Waals surface area contributed by atoms with E-state index >= 15 is 0 Å². The third-order valence-corrected chi connectivity index (χ3v) is 1.95. The first-order valence-electron chi connectivity index (χ1n) is 3.38. The van der Waals surface area contributed by atoms with Gasteiger partial charge in [0.15, 0.2) is 0 Å². The molecule has 0 amide bonds. The van der Waals surface area contributed by atoms with Crippen molar-refractivity contribution in [2.75, 3.05) is 13.1 Å². The maximum atomic E-state index is 10.8. The van der Waals surface area contributed by atoms with Crippen LogP contribution < -0.4 is 5.43 Å². The predicted octanol–water partition coefficient (Wildman–Crippen LogP) is -0.462. The number of carbonyl (C=O) groups is 1. The van der Waals surface area contributed by atoms with E-state index in [9.17, 15) is 4.79 Å². The van der Waals surface area contributed by atoms with E-state index in [0.29, 0.717) is 18.4 Å². The maximum Gasteiger partial charge on any atom is 0.148 e. The monoisotopic (exact) mass is 126 g/mol. The number of hydrazine groups is 1. The van der Waals surface area contributed by atoms with Gasteiger partial charge >= 0.3 is 0 Å². The highest BCUT2D eigenvalue weighted by atomic mass is 16.1. The van der Waals surface area contributed by atoms with Crippen molar-refractivity contribution in [3.05, 3.63) is 0 Å². The Morgan fingerprint density at radius 3 is 3.44 bits per heavy atom. The number of rotatable bonds is 0. The Morgan fingerprint density at radius 2 is 2.56 bits per heavy atom. The largest absolute Gasteiger partial charge is 0.298 e. The van der Waals surface area contributed by atoms with Crippen molar-refractivity contribution < 1.29 is 4.79 Å². The average molecular weight is 126 g/mol. The molecule has 2 unspecified atom stereocenters. The molecule has 2 aliphatic rings. The fraction of sp³-hybridized carbons (Fsp3) is 0.833. The molecule has 2 saturated heterocycles. The maximum absolute atomic E-state index is 10.8. The van der Waals surface area contributed by atoms with Crippen molar-refractivity contribution in [1.29, 1.82) is 0 Å². The molecule has 0 radical (unpaired) electrons. The van der Waals surface area contributed by atoms with Gasteiger partial charge in [-0.15, -0.1) is 0 Å². The van der Waals surface area contributed by atoms with Gasteiger partial charge < -0.3 is 0 Å². The Bertz CT molecular complexity index is 132. The molecule has 2 atom stereocenters. The van der Waals surface area contributed by atoms with Gasteiger partial charge in [0, 0.05) is 19.0 Å². The highest BCUT2D eigenvalue weighted by molar-refractivity contribution is 5.80. The summed E-state index contributed by atoms with van der Waals surface area (Å²) in [5.74, 6) is 0.349. The van der Waals surface area contributed by atoms with Gasteiger partial charge in [0.05, 0.1) is 6.54 Å². The van der Waals surface area contributed by atoms with E-state index in [-0.39, 0.29) is 0 Å². The quantitative estimate of drug-likeness (QED) is 0.446. The number of hydrogen-bond acceptors (Lipinski definition) is 3. The first-order valence-corrected chi connectivity index (χ1v) is 3.38. The molecule has 0 spiro atoms. The van der Waals surface area contributed by atoms with E-state index in [1.807, 2.05) is 0 Å². The summed E-state index contributed by atoms with van der Waals surface area (Å²) in [6, 6.07) is 0.677. The van der Waals surface area contributed by atoms with Crippen molar-refractivity contribution in [3.63, 3.8) is 0 Å². The van der Waals surface area contributed by atoms with Crippen molar-refractivity contribution in [2.45, 2.75) is 18.9 Å². The van der Waals surface area contributed by atoms with Crippen LogP contribution in [0.5, 0.6) is 0 Å². The van der Waals surface area contributed by atoms with E-state index in [0.717, 1.165) is 19.4 Å². The number of hydrogen-bond donors (Lipinski definition) is 1. The second-order valence-corrected chi connectivity index (χ2v) is 2.72. The molecule has 0 aromatic heterocycles. The van der Waals surface area contributed by atoms with E-state index < -0.39 is 0 Å². The topological polar surface area (TPSA) is 32.1 Å². The van der Waals surface area contributed by atoms with Crippen LogP contribution in [0.3, 0.4) is 0 Å². The van der Waals surface area contributed by atoms with Gasteiger partial charge in [0.25, 0.3) is 0 Å². The smallest absolute Gasteiger partial charge is 0.148 e. The van der Waals surface area contributed by atoms with E-state index in [1.165, 1.54) is 0 Å². The second-order valence-electron chi connectivity index (χ2n) is 2.72. The number of nitrogens with one attached hydrogen (secondary N) is 1. The highest BCUT2D eigenvalue weighted by Gasteiger charge is 2.36. The molecular weight excluding hydrogens is 116 g/mol. The van der Waals surface area contributed by atoms with Crippen LogP contribution in [0.15, 0.2) is 0 Å². The minimum Gasteiger partial charge on any atom is -0.298 e. The molecule has 9 heavy (non-hydrogen) atoms. The van der Waals surface area contributed by atoms with Crippen LogP contribution in [-0.2, 0) is 4.79 Å². The molecule has 2 aliphatic heterocycles. The van der Waals surface area contributed by atoms with Gasteiger partial charge in [-0.25, -0.2) is 10.4 Å². The first-order chi connectivity index (χ1) is 4.36. The van der Waals surface area contributed by atoms with Gasteiger partial charge in [0.2, 0.25) is 0 Å². The number of fused-ring (bicyclic) bond motifs is 1. The zero-order chi connectivity index (χ0) is 6.27. The Hall–Kier alpha value is -0.410. The van der Waals surface area contributed by atoms with Gasteiger partial charge in [-0.2, -0.15) is 0 Å². The van der Waals surface area contributed by atoms with Crippen molar-refractivity contribution in [2.24, 2.45) is 0 Å². The minimum atomic E-state index is 0.349. The Labute approximate surface area is 54.0 Å². The number of carbonyl (C=O) groups excluding carboxylic acids is 1. The van der Waals surface area contributed by atoms with Crippen molar-refractivity contribution >= 4 is 5.78 Å². The third-order valence-electron chi connectivity index (χ3n) is 1.95. The molecule has 2 fully saturated rings. The Kier molecular flexibility index (Phi) is 1.07. The van der Waals surface area contributed by atoms with E-state index in [2.05, 4.69) is 10.4 Å². The summed E-state index contributed by atoms with van der Waals surface area (Å²) in [4.78, 5) is 10.8. The first kappa shape index (κ1) is 5.38. The van der Waals surface area contributed by atoms with E-state index in [1.54, 1.807) is 0 Å². The third kappa shape index (κ3) is 0.976. The highest BCUT2D eigenvalue weighted by Crippen LogP contribution is 2.21. The van der Waals surface area contributed by atoms with Crippen LogP contribution in [0.1, 0.15) is 12.8 Å². The summed E-state index contributed by atoms with van der Waals surface area (Å²) < 4.78 is 0. The molecule has 3 nitrogen and oxygen atoms in total. The Balaban J connectivity index is 1.96. The zero-order valence-electron chi connectivity index (χ0n) is 5.26. The minimum absolute atomic E-state index is 0.349. The number of Topliss-reactive ketones (excluding diaryl/α,β-unsaturated/α-hetero) is 1. The predicted molar refractivity (Wildman–Crippen MR) is 32.7 cm³/mol. The normalized spacial score (nSPS) is 41.6. The molecule has 50 valence electrons. The lowest BCUT2D eigenvalue weighted by atomic mass is 10.2. The number of ketones is 1. The lowest BCUT2D eigenvalue weighted by Gasteiger charge is -1.97. The van der Waals surface area contributed by atoms with Crippen molar-refractivity contribution in [3.8, 4) is 0 Å². The molecule has 0 bridgehead atoms. The summed E-state index contributed by atoms with van der Waals surface area (Å²) in [5.41, 5.74) is 3.05. The summed E-state index contributed by atoms with van der Waals surface area (Å²) in [6.45, 7) is 1.70. The van der Waals surface area contributed by atoms with Gasteiger partial charge in [0.1, 0.15) is 5.78 Å². The molecule has 0 saturated carbocycles. The van der Waals surface area contributed by atoms with Crippen LogP contribution in [0, 0.1) is 0 Å². The summed E-state index contributed by atoms with van der Waals surface area (Å²) in [6.07, 6.45) is 1.83. The SMILES string of the molecule is O=C1CCC2CN2NC1. The van der Waals surface area contributed by atoms with Crippen LogP contribution in [-0.4, -0.2) is 29.9 Å². The van der Waals surface area contributed by atoms with Gasteiger partial charge in [-0.3, -0.25) is 4.79 Å². The lowest BCUT2D eigenvalue weighted by molar-refractivity contribution is -0.118. The fourth-order valence-corrected chi connectivity index (χ4v) is 1.23. The van der Waals surface area contributed by atoms with E-state index in [4.69, 9.17) is 0 Å². The molecule has 2 heterocycles. The number of nitrogens with zero attached hydrogens (tertiary/aromatic N) is 1. The summed E-state index contributed by atoms with van der Waals surface area (Å²) in [7, 11) is 0. The molecule has 1 N–H and O–H groups in total. The standard InChI is InChI=1S/C6H10N2O/c9-6-2-1-5-4-8(5)7-3-6/h5,7H,1-4H2. The molecule has 0 aliphatic carbocycles. The van der Waals surface area contributed by atoms with Crippen LogP contribution in [0.2, 0.25) is 0 Å². The molecule has 2 rings (SSSR count). The molecule has 0 aromatic carbocycles. The summed E-state index contributed by atoms with van der Waals surface area (Å²) in [5, 5.41) is 2.13. The van der Waals surface area contributed by atoms with Gasteiger partial charge in [-0.1, -0.05) is 0 Å². The van der Waals surface area contributed by atoms with Crippen LogP contribution in [0.4, 0.5) is 0 Å². The fourth-order valence-electron chi connectivity index (χ4n) is 1.23. The Morgan fingerprint density at radius 1 is 1.67 bits per heavy atom. The second kappa shape index (κ2) is 1.78. The van der Waals surface area contributed by atoms with Crippen LogP contribution in [0.25, 0.3) is 0 Å². The molecule has 0 aromatic rings. The molecule has 3 heteroatoms. The summed E-state index contributed by atoms with van der Waals surface area (Å²) >= 11 is 0. The molecular formula is C6H10N2O. The van der Waals surface area contributed by atoms with Crippen LogP contribution >= 0.6 is 0 Å². The van der Waals surface area contributed by atoms with Gasteiger partial charge in [-0.05, 0) is 6.42 Å². The zero-order valence-corrected chi connectivity index (χ0v) is 5.26. The average Bonchev–Trinajstić information content (AvgIpc) is 2.54.